The molecule has 0 radical (unpaired) electrons. The highest BCUT2D eigenvalue weighted by Crippen LogP contribution is 2.39. The lowest BCUT2D eigenvalue weighted by Crippen LogP contribution is -2.04. The summed E-state index contributed by atoms with van der Waals surface area (Å²) in [5, 5.41) is 0. The van der Waals surface area contributed by atoms with Gasteiger partial charge >= 0.3 is 0 Å². The van der Waals surface area contributed by atoms with Crippen molar-refractivity contribution in [1.29, 1.82) is 0 Å². The Hall–Kier alpha value is -3.12. The summed E-state index contributed by atoms with van der Waals surface area (Å²) in [4.78, 5) is 21.9. The second kappa shape index (κ2) is 8.19. The Morgan fingerprint density at radius 3 is 2.74 bits per heavy atom. The molecule has 156 valence electrons. The topological polar surface area (TPSA) is 52.1 Å². The largest absolute Gasteiger partial charge is 0.453 e. The van der Waals surface area contributed by atoms with Gasteiger partial charge in [0.25, 0.3) is 0 Å². The Morgan fingerprint density at radius 2 is 2.00 bits per heavy atom. The average molecular weight is 433 g/mol. The van der Waals surface area contributed by atoms with Gasteiger partial charge in [0.05, 0.1) is 20.8 Å². The molecule has 0 amide bonds. The van der Waals surface area contributed by atoms with Gasteiger partial charge in [0.1, 0.15) is 11.5 Å². The van der Waals surface area contributed by atoms with E-state index < -0.39 is 5.82 Å². The van der Waals surface area contributed by atoms with Gasteiger partial charge in [-0.05, 0) is 61.1 Å². The van der Waals surface area contributed by atoms with Crippen LogP contribution in [0.1, 0.15) is 30.4 Å². The van der Waals surface area contributed by atoms with Crippen LogP contribution in [0, 0.1) is 18.7 Å². The van der Waals surface area contributed by atoms with Crippen LogP contribution in [0.25, 0.3) is 20.8 Å². The lowest BCUT2D eigenvalue weighted by molar-refractivity contribution is -0.118. The first kappa shape index (κ1) is 19.8. The quantitative estimate of drug-likeness (QED) is 0.334. The third kappa shape index (κ3) is 4.49. The minimum Gasteiger partial charge on any atom is -0.453 e. The number of aryl methyl sites for hydroxylation is 1. The molecular weight excluding hydrogens is 411 g/mol. The molecular formula is C25H21FN2O2S. The van der Waals surface area contributed by atoms with E-state index in [9.17, 15) is 9.18 Å². The second-order valence-corrected chi connectivity index (χ2v) is 9.14. The maximum Gasteiger partial charge on any atom is 0.166 e. The first-order valence-electron chi connectivity index (χ1n) is 10.3. The van der Waals surface area contributed by atoms with Crippen LogP contribution < -0.4 is 4.74 Å². The fourth-order valence-corrected chi connectivity index (χ4v) is 4.58. The first-order valence-corrected chi connectivity index (χ1v) is 11.2. The minimum absolute atomic E-state index is 0.134. The van der Waals surface area contributed by atoms with E-state index >= 15 is 0 Å². The number of hydrogen-bond acceptors (Lipinski definition) is 5. The normalized spacial score (nSPS) is 13.5. The maximum atomic E-state index is 14.7. The molecule has 4 nitrogen and oxygen atoms in total. The Kier molecular flexibility index (Phi) is 5.24. The number of ketones is 1. The van der Waals surface area contributed by atoms with Gasteiger partial charge in [-0.25, -0.2) is 4.39 Å². The Bertz CT molecular complexity index is 1260. The monoisotopic (exact) mass is 432 g/mol. The van der Waals surface area contributed by atoms with Crippen molar-refractivity contribution in [2.24, 2.45) is 5.92 Å². The van der Waals surface area contributed by atoms with Crippen molar-refractivity contribution in [3.05, 3.63) is 71.8 Å². The number of rotatable bonds is 7. The first-order chi connectivity index (χ1) is 15.0. The van der Waals surface area contributed by atoms with E-state index in [0.29, 0.717) is 23.7 Å². The van der Waals surface area contributed by atoms with E-state index in [1.54, 1.807) is 24.4 Å². The molecule has 1 aliphatic carbocycles. The molecule has 1 saturated carbocycles. The van der Waals surface area contributed by atoms with Gasteiger partial charge in [-0.2, -0.15) is 0 Å². The molecule has 0 aliphatic heterocycles. The van der Waals surface area contributed by atoms with E-state index in [1.807, 2.05) is 31.3 Å². The molecule has 1 aromatic carbocycles. The number of carbonyl (C=O) groups is 1. The number of hydrogen-bond donors (Lipinski definition) is 0. The molecule has 0 spiro atoms. The minimum atomic E-state index is -0.473. The van der Waals surface area contributed by atoms with E-state index in [2.05, 4.69) is 9.97 Å². The van der Waals surface area contributed by atoms with Crippen LogP contribution >= 0.6 is 11.3 Å². The SMILES string of the molecule is Cc1ccc(-c2cc3nccc(Oc4ccc(CC(=O)CC5CC5)cc4F)c3s2)nc1. The van der Waals surface area contributed by atoms with Gasteiger partial charge in [-0.15, -0.1) is 11.3 Å². The standard InChI is InChI=1S/C25H21FN2O2S/c1-15-2-6-20(28-14-15)24-13-21-25(31-24)23(8-9-27-21)30-22-7-5-17(12-19(22)26)11-18(29)10-16-3-4-16/h2,5-9,12-14,16H,3-4,10-11H2,1H3. The zero-order valence-electron chi connectivity index (χ0n) is 17.1. The molecule has 0 atom stereocenters. The van der Waals surface area contributed by atoms with Crippen LogP contribution in [0.4, 0.5) is 4.39 Å². The van der Waals surface area contributed by atoms with Crippen LogP contribution in [0.5, 0.6) is 11.5 Å². The fraction of sp³-hybridized carbons (Fsp3) is 0.240. The van der Waals surface area contributed by atoms with Crippen LogP contribution in [0.3, 0.4) is 0 Å². The van der Waals surface area contributed by atoms with E-state index in [1.165, 1.54) is 17.4 Å². The smallest absolute Gasteiger partial charge is 0.166 e. The van der Waals surface area contributed by atoms with Gasteiger partial charge < -0.3 is 4.74 Å². The van der Waals surface area contributed by atoms with Gasteiger partial charge in [-0.1, -0.05) is 12.1 Å². The molecule has 1 fully saturated rings. The fourth-order valence-electron chi connectivity index (χ4n) is 3.53. The van der Waals surface area contributed by atoms with Crippen LogP contribution in [0.2, 0.25) is 0 Å². The number of thiophene rings is 1. The zero-order chi connectivity index (χ0) is 21.4. The molecule has 5 rings (SSSR count). The van der Waals surface area contributed by atoms with Crippen LogP contribution in [0.15, 0.2) is 54.9 Å². The second-order valence-electron chi connectivity index (χ2n) is 8.08. The molecule has 1 aliphatic rings. The molecule has 0 bridgehead atoms. The van der Waals surface area contributed by atoms with Crippen molar-refractivity contribution in [3.8, 4) is 22.1 Å². The van der Waals surface area contributed by atoms with Gasteiger partial charge in [0, 0.05) is 31.3 Å². The van der Waals surface area contributed by atoms with Crippen molar-refractivity contribution in [3.63, 3.8) is 0 Å². The third-order valence-electron chi connectivity index (χ3n) is 5.37. The van der Waals surface area contributed by atoms with Crippen molar-refractivity contribution >= 4 is 27.3 Å². The van der Waals surface area contributed by atoms with Gasteiger partial charge in [0.15, 0.2) is 11.6 Å². The molecule has 4 aromatic rings. The lowest BCUT2D eigenvalue weighted by atomic mass is 10.0. The average Bonchev–Trinajstić information content (AvgIpc) is 3.44. The lowest BCUT2D eigenvalue weighted by Gasteiger charge is -2.09. The number of carbonyl (C=O) groups excluding carboxylic acids is 1. The highest BCUT2D eigenvalue weighted by molar-refractivity contribution is 7.22. The van der Waals surface area contributed by atoms with Crippen molar-refractivity contribution in [1.82, 2.24) is 9.97 Å². The molecule has 3 aromatic heterocycles. The Labute approximate surface area is 183 Å². The number of halogens is 1. The van der Waals surface area contributed by atoms with Crippen molar-refractivity contribution in [2.45, 2.75) is 32.6 Å². The Balaban J connectivity index is 1.38. The number of fused-ring (bicyclic) bond motifs is 1. The van der Waals surface area contributed by atoms with E-state index in [0.717, 1.165) is 39.2 Å². The van der Waals surface area contributed by atoms with Gasteiger partial charge in [-0.3, -0.25) is 14.8 Å². The molecule has 0 N–H and O–H groups in total. The summed E-state index contributed by atoms with van der Waals surface area (Å²) in [6.07, 6.45) is 6.63. The number of Topliss-reactive ketones (excluding diaryl/α,β-unsaturated/α-hetero) is 1. The van der Waals surface area contributed by atoms with Gasteiger partial charge in [0.2, 0.25) is 0 Å². The third-order valence-corrected chi connectivity index (χ3v) is 6.53. The molecule has 31 heavy (non-hydrogen) atoms. The number of nitrogens with zero attached hydrogens (tertiary/aromatic N) is 2. The molecule has 6 heteroatoms. The molecule has 0 unspecified atom stereocenters. The predicted molar refractivity (Wildman–Crippen MR) is 120 cm³/mol. The summed E-state index contributed by atoms with van der Waals surface area (Å²) in [7, 11) is 0. The van der Waals surface area contributed by atoms with Crippen molar-refractivity contribution in [2.75, 3.05) is 0 Å². The number of benzene rings is 1. The Morgan fingerprint density at radius 1 is 1.13 bits per heavy atom. The van der Waals surface area contributed by atoms with E-state index in [4.69, 9.17) is 4.74 Å². The summed E-state index contributed by atoms with van der Waals surface area (Å²) in [6.45, 7) is 2.00. The molecule has 3 heterocycles. The maximum absolute atomic E-state index is 14.7. The van der Waals surface area contributed by atoms with E-state index in [-0.39, 0.29) is 18.0 Å². The summed E-state index contributed by atoms with van der Waals surface area (Å²) < 4.78 is 21.5. The number of aromatic nitrogens is 2. The van der Waals surface area contributed by atoms with Crippen LogP contribution in [-0.2, 0) is 11.2 Å². The zero-order valence-corrected chi connectivity index (χ0v) is 17.9. The highest BCUT2D eigenvalue weighted by atomic mass is 32.1. The van der Waals surface area contributed by atoms with Crippen LogP contribution in [-0.4, -0.2) is 15.8 Å². The summed E-state index contributed by atoms with van der Waals surface area (Å²) in [6, 6.07) is 12.4. The summed E-state index contributed by atoms with van der Waals surface area (Å²) in [5.74, 6) is 0.917. The van der Waals surface area contributed by atoms with Crippen molar-refractivity contribution < 1.29 is 13.9 Å². The highest BCUT2D eigenvalue weighted by Gasteiger charge is 2.24. The molecule has 0 saturated heterocycles. The number of pyridine rings is 2. The summed E-state index contributed by atoms with van der Waals surface area (Å²) in [5.41, 5.74) is 3.42. The summed E-state index contributed by atoms with van der Waals surface area (Å²) >= 11 is 1.51. The predicted octanol–water partition coefficient (Wildman–Crippen LogP) is 6.51. The number of ether oxygens (including phenoxy) is 1.